The first-order chi connectivity index (χ1) is 9.27. The van der Waals surface area contributed by atoms with E-state index in [1.807, 2.05) is 18.2 Å². The van der Waals surface area contributed by atoms with Gasteiger partial charge < -0.3 is 10.6 Å². The smallest absolute Gasteiger partial charge is 0.227 e. The van der Waals surface area contributed by atoms with Gasteiger partial charge in [0.2, 0.25) is 5.91 Å². The molecule has 0 spiro atoms. The second-order valence-electron chi connectivity index (χ2n) is 4.98. The van der Waals surface area contributed by atoms with Crippen molar-refractivity contribution in [3.8, 4) is 0 Å². The van der Waals surface area contributed by atoms with Gasteiger partial charge >= 0.3 is 0 Å². The Balaban J connectivity index is 1.72. The van der Waals surface area contributed by atoms with E-state index >= 15 is 0 Å². The van der Waals surface area contributed by atoms with E-state index in [4.69, 9.17) is 0 Å². The van der Waals surface area contributed by atoms with Crippen LogP contribution in [0, 0.1) is 5.41 Å². The fourth-order valence-electron chi connectivity index (χ4n) is 2.44. The molecule has 1 aromatic carbocycles. The van der Waals surface area contributed by atoms with Gasteiger partial charge in [0.25, 0.3) is 0 Å². The Bertz CT molecular complexity index is 402. The lowest BCUT2D eigenvalue weighted by atomic mass is 9.83. The summed E-state index contributed by atoms with van der Waals surface area (Å²) in [5, 5.41) is 6.38. The van der Waals surface area contributed by atoms with Crippen molar-refractivity contribution >= 4 is 17.7 Å². The highest BCUT2D eigenvalue weighted by atomic mass is 32.2. The predicted molar refractivity (Wildman–Crippen MR) is 80.4 cm³/mol. The minimum atomic E-state index is -0.169. The summed E-state index contributed by atoms with van der Waals surface area (Å²) in [5.41, 5.74) is -0.169. The van der Waals surface area contributed by atoms with Crippen LogP contribution in [0.2, 0.25) is 0 Å². The number of benzene rings is 1. The largest absolute Gasteiger partial charge is 0.355 e. The summed E-state index contributed by atoms with van der Waals surface area (Å²) in [6, 6.07) is 10.3. The summed E-state index contributed by atoms with van der Waals surface area (Å²) >= 11 is 1.78. The fraction of sp³-hybridized carbons (Fsp3) is 0.533. The summed E-state index contributed by atoms with van der Waals surface area (Å²) in [4.78, 5) is 13.5. The number of carbonyl (C=O) groups excluding carboxylic acids is 1. The summed E-state index contributed by atoms with van der Waals surface area (Å²) in [7, 11) is 0. The maximum Gasteiger partial charge on any atom is 0.227 e. The highest BCUT2D eigenvalue weighted by Crippen LogP contribution is 2.29. The molecule has 1 aromatic rings. The van der Waals surface area contributed by atoms with Crippen molar-refractivity contribution in [3.63, 3.8) is 0 Å². The Morgan fingerprint density at radius 1 is 1.42 bits per heavy atom. The molecule has 1 fully saturated rings. The highest BCUT2D eigenvalue weighted by molar-refractivity contribution is 7.99. The minimum Gasteiger partial charge on any atom is -0.355 e. The van der Waals surface area contributed by atoms with Crippen LogP contribution >= 0.6 is 11.8 Å². The Morgan fingerprint density at radius 2 is 2.21 bits per heavy atom. The molecule has 1 saturated heterocycles. The van der Waals surface area contributed by atoms with Crippen molar-refractivity contribution in [2.45, 2.75) is 24.7 Å². The molecule has 1 amide bonds. The van der Waals surface area contributed by atoms with Crippen molar-refractivity contribution in [2.24, 2.45) is 5.41 Å². The van der Waals surface area contributed by atoms with Gasteiger partial charge in [0, 0.05) is 23.7 Å². The average molecular weight is 278 g/mol. The lowest BCUT2D eigenvalue weighted by Gasteiger charge is -2.25. The number of nitrogens with one attached hydrogen (secondary N) is 2. The molecule has 1 heterocycles. The van der Waals surface area contributed by atoms with E-state index in [1.54, 1.807) is 11.8 Å². The number of hydrogen-bond donors (Lipinski definition) is 2. The van der Waals surface area contributed by atoms with Gasteiger partial charge in [-0.1, -0.05) is 25.1 Å². The Hall–Kier alpha value is -1.00. The zero-order valence-electron chi connectivity index (χ0n) is 11.4. The lowest BCUT2D eigenvalue weighted by Crippen LogP contribution is -2.42. The minimum absolute atomic E-state index is 0.169. The molecule has 0 radical (unpaired) electrons. The summed E-state index contributed by atoms with van der Waals surface area (Å²) in [6.45, 7) is 4.62. The van der Waals surface area contributed by atoms with Gasteiger partial charge in [-0.05, 0) is 31.5 Å². The second kappa shape index (κ2) is 6.96. The Labute approximate surface area is 119 Å². The first kappa shape index (κ1) is 14.4. The van der Waals surface area contributed by atoms with Gasteiger partial charge in [-0.15, -0.1) is 11.8 Å². The van der Waals surface area contributed by atoms with E-state index in [1.165, 1.54) is 4.90 Å². The molecule has 2 N–H and O–H groups in total. The fourth-order valence-corrected chi connectivity index (χ4v) is 3.23. The standard InChI is InChI=1S/C15H22N2OS/c1-2-15(8-9-16-12-15)14(18)17-10-11-19-13-6-4-3-5-7-13/h3-7,16H,2,8-12H2,1H3,(H,17,18). The van der Waals surface area contributed by atoms with Crippen LogP contribution in [0.15, 0.2) is 35.2 Å². The third-order valence-corrected chi connectivity index (χ3v) is 4.82. The molecular weight excluding hydrogens is 256 g/mol. The topological polar surface area (TPSA) is 41.1 Å². The normalized spacial score (nSPS) is 22.4. The first-order valence-electron chi connectivity index (χ1n) is 6.94. The van der Waals surface area contributed by atoms with E-state index in [0.29, 0.717) is 0 Å². The molecule has 104 valence electrons. The molecule has 2 rings (SSSR count). The van der Waals surface area contributed by atoms with Crippen molar-refractivity contribution in [3.05, 3.63) is 30.3 Å². The van der Waals surface area contributed by atoms with E-state index in [0.717, 1.165) is 38.2 Å². The number of rotatable bonds is 6. The van der Waals surface area contributed by atoms with Crippen LogP contribution in [0.25, 0.3) is 0 Å². The third kappa shape index (κ3) is 3.74. The van der Waals surface area contributed by atoms with Gasteiger partial charge in [-0.25, -0.2) is 0 Å². The Kier molecular flexibility index (Phi) is 5.28. The molecule has 4 heteroatoms. The summed E-state index contributed by atoms with van der Waals surface area (Å²) in [6.07, 6.45) is 1.87. The molecule has 0 bridgehead atoms. The zero-order valence-corrected chi connectivity index (χ0v) is 12.3. The number of carbonyl (C=O) groups is 1. The zero-order chi connectivity index (χ0) is 13.6. The van der Waals surface area contributed by atoms with Gasteiger partial charge in [0.15, 0.2) is 0 Å². The molecule has 1 aliphatic heterocycles. The van der Waals surface area contributed by atoms with Crippen LogP contribution in [0.5, 0.6) is 0 Å². The molecule has 1 unspecified atom stereocenters. The monoisotopic (exact) mass is 278 g/mol. The third-order valence-electron chi connectivity index (χ3n) is 3.80. The summed E-state index contributed by atoms with van der Waals surface area (Å²) < 4.78 is 0. The molecule has 0 aromatic heterocycles. The van der Waals surface area contributed by atoms with E-state index in [2.05, 4.69) is 29.7 Å². The van der Waals surface area contributed by atoms with Crippen LogP contribution in [0.4, 0.5) is 0 Å². The first-order valence-corrected chi connectivity index (χ1v) is 7.92. The quantitative estimate of drug-likeness (QED) is 0.619. The van der Waals surface area contributed by atoms with Crippen LogP contribution in [-0.2, 0) is 4.79 Å². The van der Waals surface area contributed by atoms with Crippen molar-refractivity contribution in [2.75, 3.05) is 25.4 Å². The van der Waals surface area contributed by atoms with Crippen molar-refractivity contribution in [1.82, 2.24) is 10.6 Å². The molecule has 1 aliphatic rings. The van der Waals surface area contributed by atoms with Gasteiger partial charge in [-0.2, -0.15) is 0 Å². The van der Waals surface area contributed by atoms with E-state index in [9.17, 15) is 4.79 Å². The molecule has 0 saturated carbocycles. The van der Waals surface area contributed by atoms with Crippen LogP contribution in [0.1, 0.15) is 19.8 Å². The van der Waals surface area contributed by atoms with E-state index < -0.39 is 0 Å². The number of amides is 1. The second-order valence-corrected chi connectivity index (χ2v) is 6.15. The maximum absolute atomic E-state index is 12.2. The molecule has 0 aliphatic carbocycles. The summed E-state index contributed by atoms with van der Waals surface area (Å²) in [5.74, 6) is 1.14. The Morgan fingerprint density at radius 3 is 2.84 bits per heavy atom. The lowest BCUT2D eigenvalue weighted by molar-refractivity contribution is -0.130. The van der Waals surface area contributed by atoms with Crippen LogP contribution in [0.3, 0.4) is 0 Å². The van der Waals surface area contributed by atoms with Crippen molar-refractivity contribution in [1.29, 1.82) is 0 Å². The van der Waals surface area contributed by atoms with Gasteiger partial charge in [-0.3, -0.25) is 4.79 Å². The van der Waals surface area contributed by atoms with Crippen molar-refractivity contribution < 1.29 is 4.79 Å². The molecule has 1 atom stereocenters. The predicted octanol–water partition coefficient (Wildman–Crippen LogP) is 2.28. The van der Waals surface area contributed by atoms with E-state index in [-0.39, 0.29) is 11.3 Å². The van der Waals surface area contributed by atoms with Crippen LogP contribution in [-0.4, -0.2) is 31.3 Å². The maximum atomic E-state index is 12.2. The molecule has 19 heavy (non-hydrogen) atoms. The van der Waals surface area contributed by atoms with Crippen LogP contribution < -0.4 is 10.6 Å². The number of hydrogen-bond acceptors (Lipinski definition) is 3. The highest BCUT2D eigenvalue weighted by Gasteiger charge is 2.38. The molecular formula is C15H22N2OS. The average Bonchev–Trinajstić information content (AvgIpc) is 2.94. The SMILES string of the molecule is CCC1(C(=O)NCCSc2ccccc2)CCNC1. The number of thioether (sulfide) groups is 1. The molecule has 3 nitrogen and oxygen atoms in total. The van der Waals surface area contributed by atoms with Gasteiger partial charge in [0.05, 0.1) is 5.41 Å². The van der Waals surface area contributed by atoms with Gasteiger partial charge in [0.1, 0.15) is 0 Å².